The van der Waals surface area contributed by atoms with E-state index >= 15 is 0 Å². The second kappa shape index (κ2) is 8.33. The summed E-state index contributed by atoms with van der Waals surface area (Å²) in [6.07, 6.45) is 5.02. The molecule has 3 heteroatoms. The number of carbonyl (C=O) groups excluding carboxylic acids is 3. The summed E-state index contributed by atoms with van der Waals surface area (Å²) in [4.78, 5) is 34.1. The Morgan fingerprint density at radius 2 is 1.25 bits per heavy atom. The average Bonchev–Trinajstić information content (AvgIpc) is 2.33. The van der Waals surface area contributed by atoms with Gasteiger partial charge in [0.1, 0.15) is 17.9 Å². The molecule has 0 aromatic carbocycles. The van der Waals surface area contributed by atoms with Gasteiger partial charge in [0.25, 0.3) is 0 Å². The van der Waals surface area contributed by atoms with Crippen LogP contribution in [0.5, 0.6) is 0 Å². The fourth-order valence-corrected chi connectivity index (χ4v) is 1.77. The molecule has 0 aromatic heterocycles. The van der Waals surface area contributed by atoms with Crippen LogP contribution in [-0.2, 0) is 14.4 Å². The first-order valence-electron chi connectivity index (χ1n) is 7.55. The van der Waals surface area contributed by atoms with Crippen molar-refractivity contribution in [3.8, 4) is 0 Å². The lowest BCUT2D eigenvalue weighted by molar-refractivity contribution is -0.121. The zero-order valence-corrected chi connectivity index (χ0v) is 13.8. The van der Waals surface area contributed by atoms with Crippen LogP contribution in [0.1, 0.15) is 79.6 Å². The Kier molecular flexibility index (Phi) is 7.92. The molecule has 3 nitrogen and oxygen atoms in total. The Labute approximate surface area is 123 Å². The molecule has 0 aromatic rings. The molecule has 0 unspecified atom stereocenters. The Hall–Kier alpha value is -0.990. The number of carbonyl (C=O) groups is 3. The van der Waals surface area contributed by atoms with Gasteiger partial charge in [0.15, 0.2) is 0 Å². The van der Waals surface area contributed by atoms with Crippen LogP contribution in [-0.4, -0.2) is 17.9 Å². The number of aldehydes is 1. The maximum Gasteiger partial charge on any atom is 0.132 e. The van der Waals surface area contributed by atoms with E-state index < -0.39 is 5.41 Å². The SMILES string of the molecule is CC(C)(C)CCC(=O)CCCC(=O)CCC(C)(C)C=O. The molecule has 0 spiro atoms. The second-order valence-corrected chi connectivity index (χ2v) is 7.60. The predicted octanol–water partition coefficient (Wildman–Crippen LogP) is 4.13. The maximum atomic E-state index is 11.7. The van der Waals surface area contributed by atoms with Gasteiger partial charge in [-0.05, 0) is 24.7 Å². The van der Waals surface area contributed by atoms with Crippen LogP contribution in [0.2, 0.25) is 0 Å². The fourth-order valence-electron chi connectivity index (χ4n) is 1.77. The molecule has 0 saturated heterocycles. The van der Waals surface area contributed by atoms with Crippen LogP contribution in [0.4, 0.5) is 0 Å². The fraction of sp³-hybridized carbons (Fsp3) is 0.824. The molecule has 0 N–H and O–H groups in total. The van der Waals surface area contributed by atoms with Gasteiger partial charge in [-0.3, -0.25) is 9.59 Å². The summed E-state index contributed by atoms with van der Waals surface area (Å²) < 4.78 is 0. The summed E-state index contributed by atoms with van der Waals surface area (Å²) in [5.41, 5.74) is -0.232. The zero-order chi connectivity index (χ0) is 15.8. The topological polar surface area (TPSA) is 51.2 Å². The third-order valence-electron chi connectivity index (χ3n) is 3.43. The van der Waals surface area contributed by atoms with Crippen molar-refractivity contribution in [2.75, 3.05) is 0 Å². The molecule has 0 atom stereocenters. The van der Waals surface area contributed by atoms with E-state index in [2.05, 4.69) is 20.8 Å². The number of ketones is 2. The van der Waals surface area contributed by atoms with E-state index in [1.807, 2.05) is 13.8 Å². The van der Waals surface area contributed by atoms with Crippen molar-refractivity contribution in [2.24, 2.45) is 10.8 Å². The van der Waals surface area contributed by atoms with Gasteiger partial charge in [0.05, 0.1) is 0 Å². The van der Waals surface area contributed by atoms with E-state index in [9.17, 15) is 14.4 Å². The van der Waals surface area contributed by atoms with E-state index in [0.29, 0.717) is 38.5 Å². The minimum absolute atomic E-state index is 0.156. The van der Waals surface area contributed by atoms with Crippen LogP contribution in [0.3, 0.4) is 0 Å². The molecule has 0 rings (SSSR count). The molecule has 20 heavy (non-hydrogen) atoms. The molecule has 0 bridgehead atoms. The van der Waals surface area contributed by atoms with Gasteiger partial charge in [-0.15, -0.1) is 0 Å². The standard InChI is InChI=1S/C17H30O3/c1-16(2,3)11-9-14(19)7-6-8-15(20)10-12-17(4,5)13-18/h13H,6-12H2,1-5H3. The highest BCUT2D eigenvalue weighted by molar-refractivity contribution is 5.81. The van der Waals surface area contributed by atoms with Crippen molar-refractivity contribution in [2.45, 2.75) is 79.6 Å². The monoisotopic (exact) mass is 282 g/mol. The summed E-state index contributed by atoms with van der Waals surface area (Å²) in [7, 11) is 0. The Morgan fingerprint density at radius 3 is 1.65 bits per heavy atom. The highest BCUT2D eigenvalue weighted by Crippen LogP contribution is 2.22. The Morgan fingerprint density at radius 1 is 0.800 bits per heavy atom. The van der Waals surface area contributed by atoms with Crippen LogP contribution >= 0.6 is 0 Å². The van der Waals surface area contributed by atoms with Gasteiger partial charge in [-0.25, -0.2) is 0 Å². The minimum atomic E-state index is -0.418. The van der Waals surface area contributed by atoms with Crippen molar-refractivity contribution in [1.82, 2.24) is 0 Å². The Bertz CT molecular complexity index is 335. The van der Waals surface area contributed by atoms with Crippen molar-refractivity contribution in [1.29, 1.82) is 0 Å². The van der Waals surface area contributed by atoms with Gasteiger partial charge >= 0.3 is 0 Å². The number of hydrogen-bond donors (Lipinski definition) is 0. The van der Waals surface area contributed by atoms with Crippen LogP contribution < -0.4 is 0 Å². The van der Waals surface area contributed by atoms with Crippen LogP contribution in [0.25, 0.3) is 0 Å². The molecule has 116 valence electrons. The smallest absolute Gasteiger partial charge is 0.132 e. The zero-order valence-electron chi connectivity index (χ0n) is 13.8. The predicted molar refractivity (Wildman–Crippen MR) is 81.6 cm³/mol. The summed E-state index contributed by atoms with van der Waals surface area (Å²) in [5.74, 6) is 0.407. The average molecular weight is 282 g/mol. The number of Topliss-reactive ketones (excluding diaryl/α,β-unsaturated/α-hetero) is 2. The normalized spacial score (nSPS) is 12.2. The van der Waals surface area contributed by atoms with Crippen molar-refractivity contribution < 1.29 is 14.4 Å². The highest BCUT2D eigenvalue weighted by atomic mass is 16.1. The van der Waals surface area contributed by atoms with Crippen molar-refractivity contribution in [3.05, 3.63) is 0 Å². The van der Waals surface area contributed by atoms with E-state index in [4.69, 9.17) is 0 Å². The quantitative estimate of drug-likeness (QED) is 0.566. The molecule has 0 aliphatic rings. The van der Waals surface area contributed by atoms with Gasteiger partial charge < -0.3 is 4.79 Å². The summed E-state index contributed by atoms with van der Waals surface area (Å²) in [6.45, 7) is 10.0. The van der Waals surface area contributed by atoms with Gasteiger partial charge in [-0.1, -0.05) is 34.6 Å². The van der Waals surface area contributed by atoms with Gasteiger partial charge in [0, 0.05) is 31.1 Å². The molecule has 0 heterocycles. The van der Waals surface area contributed by atoms with Crippen LogP contribution in [0, 0.1) is 10.8 Å². The largest absolute Gasteiger partial charge is 0.303 e. The third-order valence-corrected chi connectivity index (χ3v) is 3.43. The molecular formula is C17H30O3. The summed E-state index contributed by atoms with van der Waals surface area (Å²) >= 11 is 0. The number of rotatable bonds is 10. The van der Waals surface area contributed by atoms with E-state index in [0.717, 1.165) is 12.7 Å². The minimum Gasteiger partial charge on any atom is -0.303 e. The number of hydrogen-bond acceptors (Lipinski definition) is 3. The van der Waals surface area contributed by atoms with Crippen molar-refractivity contribution >= 4 is 17.9 Å². The van der Waals surface area contributed by atoms with E-state index in [-0.39, 0.29) is 17.0 Å². The summed E-state index contributed by atoms with van der Waals surface area (Å²) in [6, 6.07) is 0. The molecule has 0 saturated carbocycles. The molecular weight excluding hydrogens is 252 g/mol. The molecule has 0 aliphatic heterocycles. The molecule has 0 radical (unpaired) electrons. The lowest BCUT2D eigenvalue weighted by Crippen LogP contribution is -2.15. The first kappa shape index (κ1) is 19.0. The first-order valence-corrected chi connectivity index (χ1v) is 7.55. The lowest BCUT2D eigenvalue weighted by Gasteiger charge is -2.17. The second-order valence-electron chi connectivity index (χ2n) is 7.60. The third kappa shape index (κ3) is 10.9. The van der Waals surface area contributed by atoms with Gasteiger partial charge in [0.2, 0.25) is 0 Å². The van der Waals surface area contributed by atoms with Gasteiger partial charge in [-0.2, -0.15) is 0 Å². The molecule has 0 amide bonds. The van der Waals surface area contributed by atoms with E-state index in [1.165, 1.54) is 0 Å². The summed E-state index contributed by atoms with van der Waals surface area (Å²) in [5, 5.41) is 0. The van der Waals surface area contributed by atoms with E-state index in [1.54, 1.807) is 0 Å². The molecule has 0 fully saturated rings. The van der Waals surface area contributed by atoms with Crippen molar-refractivity contribution in [3.63, 3.8) is 0 Å². The first-order chi connectivity index (χ1) is 9.06. The Balaban J connectivity index is 3.76. The molecule has 0 aliphatic carbocycles. The lowest BCUT2D eigenvalue weighted by atomic mass is 9.87. The highest BCUT2D eigenvalue weighted by Gasteiger charge is 2.18. The maximum absolute atomic E-state index is 11.7. The van der Waals surface area contributed by atoms with Crippen LogP contribution in [0.15, 0.2) is 0 Å².